The van der Waals surface area contributed by atoms with Crippen LogP contribution in [0.2, 0.25) is 0 Å². The van der Waals surface area contributed by atoms with E-state index >= 15 is 0 Å². The van der Waals surface area contributed by atoms with E-state index in [1.807, 2.05) is 48.7 Å². The molecule has 0 fully saturated rings. The number of nitrogens with zero attached hydrogens (tertiary/aromatic N) is 4. The maximum Gasteiger partial charge on any atom is 0.283 e. The fraction of sp³-hybridized carbons (Fsp3) is 0.200. The number of para-hydroxylation sites is 2. The number of aromatic nitrogens is 1. The number of fused-ring (bicyclic) bond motifs is 1. The molecule has 0 spiro atoms. The molecule has 0 unspecified atom stereocenters. The van der Waals surface area contributed by atoms with Crippen molar-refractivity contribution in [2.75, 3.05) is 13.4 Å². The molecule has 4 rings (SSSR count). The van der Waals surface area contributed by atoms with Gasteiger partial charge in [0.1, 0.15) is 5.75 Å². The smallest absolute Gasteiger partial charge is 0.283 e. The maximum absolute atomic E-state index is 12.6. The number of amides is 1. The zero-order chi connectivity index (χ0) is 22.5. The summed E-state index contributed by atoms with van der Waals surface area (Å²) < 4.78 is 30.9. The van der Waals surface area contributed by atoms with Crippen LogP contribution in [0.3, 0.4) is 0 Å². The van der Waals surface area contributed by atoms with E-state index in [1.165, 1.54) is 0 Å². The van der Waals surface area contributed by atoms with Crippen LogP contribution < -0.4 is 4.74 Å². The number of hydrazone groups is 1. The van der Waals surface area contributed by atoms with Crippen molar-refractivity contribution in [1.29, 1.82) is 5.41 Å². The van der Waals surface area contributed by atoms with Gasteiger partial charge in [-0.2, -0.15) is 10.0 Å². The number of benzene rings is 1. The second kappa shape index (κ2) is 7.50. The summed E-state index contributed by atoms with van der Waals surface area (Å²) >= 11 is 0.760. The molecule has 2 aliphatic rings. The Balaban J connectivity index is 1.78. The average molecular weight is 458 g/mol. The van der Waals surface area contributed by atoms with Crippen molar-refractivity contribution in [3.05, 3.63) is 52.9 Å². The van der Waals surface area contributed by atoms with Gasteiger partial charge in [-0.3, -0.25) is 10.2 Å². The predicted molar refractivity (Wildman–Crippen MR) is 122 cm³/mol. The second-order valence-electron chi connectivity index (χ2n) is 6.99. The molecule has 11 heteroatoms. The van der Waals surface area contributed by atoms with E-state index in [-0.39, 0.29) is 21.0 Å². The summed E-state index contributed by atoms with van der Waals surface area (Å²) in [4.78, 5) is 16.5. The van der Waals surface area contributed by atoms with Gasteiger partial charge in [-0.05, 0) is 55.4 Å². The predicted octanol–water partition coefficient (Wildman–Crippen LogP) is 2.72. The lowest BCUT2D eigenvalue weighted by atomic mass is 10.1. The molecule has 0 aliphatic carbocycles. The van der Waals surface area contributed by atoms with Crippen LogP contribution in [-0.4, -0.2) is 52.6 Å². The number of carbonyl (C=O) groups is 1. The highest BCUT2D eigenvalue weighted by Crippen LogP contribution is 2.32. The summed E-state index contributed by atoms with van der Waals surface area (Å²) in [6, 6.07) is 9.50. The highest BCUT2D eigenvalue weighted by Gasteiger charge is 2.38. The van der Waals surface area contributed by atoms with Crippen molar-refractivity contribution < 1.29 is 17.9 Å². The number of aliphatic imine (C=N–C) groups is 1. The van der Waals surface area contributed by atoms with Gasteiger partial charge in [0.15, 0.2) is 5.84 Å². The first-order chi connectivity index (χ1) is 14.6. The highest BCUT2D eigenvalue weighted by atomic mass is 32.3. The Hall–Kier alpha value is -3.18. The van der Waals surface area contributed by atoms with Crippen molar-refractivity contribution in [3.8, 4) is 11.4 Å². The van der Waals surface area contributed by atoms with Gasteiger partial charge in [-0.1, -0.05) is 12.1 Å². The number of methoxy groups -OCH3 is 1. The first-order valence-electron chi connectivity index (χ1n) is 9.14. The van der Waals surface area contributed by atoms with Gasteiger partial charge in [0.25, 0.3) is 5.91 Å². The molecular weight excluding hydrogens is 438 g/mol. The number of rotatable bonds is 3. The van der Waals surface area contributed by atoms with E-state index in [4.69, 9.17) is 10.1 Å². The third-order valence-electron chi connectivity index (χ3n) is 4.85. The maximum atomic E-state index is 12.6. The van der Waals surface area contributed by atoms with Gasteiger partial charge < -0.3 is 9.30 Å². The van der Waals surface area contributed by atoms with E-state index < -0.39 is 15.7 Å². The van der Waals surface area contributed by atoms with Gasteiger partial charge in [-0.25, -0.2) is 8.42 Å². The summed E-state index contributed by atoms with van der Waals surface area (Å²) in [5.74, 6) is -0.130. The SMILES string of the molecule is COc1ccccc1-n1c(C)cc(/C=C2\C(=N)N3N=C(S(C)(=O)=O)SC3=NC2=O)c1C. The molecule has 31 heavy (non-hydrogen) atoms. The molecule has 2 aromatic rings. The third kappa shape index (κ3) is 3.59. The standard InChI is InChI=1S/C20H19N5O4S2/c1-11-9-13(12(2)24(11)15-7-5-6-8-16(15)29-3)10-14-17(21)25-19(22-18(14)26)30-20(23-25)31(4,27)28/h5-10,21H,1-4H3/b14-10+,21-17?. The molecule has 2 aliphatic heterocycles. The Morgan fingerprint density at radius 2 is 1.94 bits per heavy atom. The quantitative estimate of drug-likeness (QED) is 0.708. The molecule has 1 N–H and O–H groups in total. The van der Waals surface area contributed by atoms with Crippen LogP contribution in [0.5, 0.6) is 5.75 Å². The van der Waals surface area contributed by atoms with Crippen molar-refractivity contribution in [3.63, 3.8) is 0 Å². The van der Waals surface area contributed by atoms with Gasteiger partial charge in [0.2, 0.25) is 19.4 Å². The minimum Gasteiger partial charge on any atom is -0.495 e. The number of aryl methyl sites for hydroxylation is 1. The number of hydrogen-bond acceptors (Lipinski definition) is 7. The van der Waals surface area contributed by atoms with Crippen LogP contribution >= 0.6 is 11.8 Å². The summed E-state index contributed by atoms with van der Waals surface area (Å²) in [6.07, 6.45) is 2.60. The van der Waals surface area contributed by atoms with Gasteiger partial charge in [-0.15, -0.1) is 5.10 Å². The topological polar surface area (TPSA) is 117 Å². The first kappa shape index (κ1) is 21.1. The molecule has 0 bridgehead atoms. The van der Waals surface area contributed by atoms with Gasteiger partial charge in [0.05, 0.1) is 18.4 Å². The molecule has 1 amide bonds. The molecule has 160 valence electrons. The first-order valence-corrected chi connectivity index (χ1v) is 11.8. The van der Waals surface area contributed by atoms with Gasteiger partial charge >= 0.3 is 0 Å². The minimum absolute atomic E-state index is 0.0307. The number of sulfone groups is 1. The summed E-state index contributed by atoms with van der Waals surface area (Å²) in [5.41, 5.74) is 3.38. The normalized spacial score (nSPS) is 17.7. The third-order valence-corrected chi connectivity index (χ3v) is 7.43. The lowest BCUT2D eigenvalue weighted by Gasteiger charge is -2.20. The fourth-order valence-corrected chi connectivity index (χ4v) is 5.08. The Labute approximate surface area is 183 Å². The molecule has 1 aromatic heterocycles. The Kier molecular flexibility index (Phi) is 5.10. The van der Waals surface area contributed by atoms with Crippen LogP contribution in [0.1, 0.15) is 17.0 Å². The van der Waals surface area contributed by atoms with Crippen LogP contribution in [0, 0.1) is 19.3 Å². The minimum atomic E-state index is -3.58. The summed E-state index contributed by atoms with van der Waals surface area (Å²) in [7, 11) is -1.97. The van der Waals surface area contributed by atoms with E-state index in [2.05, 4.69) is 10.1 Å². The van der Waals surface area contributed by atoms with Crippen molar-refractivity contribution in [2.45, 2.75) is 13.8 Å². The number of ether oxygens (including phenoxy) is 1. The largest absolute Gasteiger partial charge is 0.495 e. The number of thioether (sulfide) groups is 1. The van der Waals surface area contributed by atoms with Crippen molar-refractivity contribution in [1.82, 2.24) is 9.58 Å². The Bertz CT molecular complexity index is 1340. The molecule has 0 saturated heterocycles. The summed E-state index contributed by atoms with van der Waals surface area (Å²) in [6.45, 7) is 3.84. The number of nitrogens with one attached hydrogen (secondary N) is 1. The number of amidine groups is 2. The van der Waals surface area contributed by atoms with E-state index in [1.54, 1.807) is 13.2 Å². The lowest BCUT2D eigenvalue weighted by Crippen LogP contribution is -2.35. The lowest BCUT2D eigenvalue weighted by molar-refractivity contribution is -0.114. The van der Waals surface area contributed by atoms with Crippen LogP contribution in [0.4, 0.5) is 0 Å². The second-order valence-corrected chi connectivity index (χ2v) is 10.1. The Morgan fingerprint density at radius 1 is 1.23 bits per heavy atom. The molecule has 9 nitrogen and oxygen atoms in total. The van der Waals surface area contributed by atoms with Gasteiger partial charge in [0, 0.05) is 17.6 Å². The fourth-order valence-electron chi connectivity index (χ4n) is 3.40. The zero-order valence-corrected chi connectivity index (χ0v) is 18.8. The molecule has 0 radical (unpaired) electrons. The highest BCUT2D eigenvalue weighted by molar-refractivity contribution is 8.42. The zero-order valence-electron chi connectivity index (χ0n) is 17.2. The van der Waals surface area contributed by atoms with Crippen molar-refractivity contribution >= 4 is 49.0 Å². The summed E-state index contributed by atoms with van der Waals surface area (Å²) in [5, 5.41) is 13.5. The van der Waals surface area contributed by atoms with Crippen LogP contribution in [0.15, 0.2) is 46.0 Å². The van der Waals surface area contributed by atoms with E-state index in [0.29, 0.717) is 5.75 Å². The molecule has 1 aromatic carbocycles. The molecular formula is C20H19N5O4S2. The van der Waals surface area contributed by atoms with Crippen molar-refractivity contribution in [2.24, 2.45) is 10.1 Å². The molecule has 3 heterocycles. The van der Waals surface area contributed by atoms with Crippen LogP contribution in [-0.2, 0) is 14.6 Å². The monoisotopic (exact) mass is 457 g/mol. The van der Waals surface area contributed by atoms with E-state index in [9.17, 15) is 13.2 Å². The van der Waals surface area contributed by atoms with E-state index in [0.717, 1.165) is 45.7 Å². The Morgan fingerprint density at radius 3 is 2.61 bits per heavy atom. The average Bonchev–Trinajstić information content (AvgIpc) is 3.26. The number of carbonyl (C=O) groups excluding carboxylic acids is 1. The number of hydrogen-bond donors (Lipinski definition) is 1. The molecule has 0 saturated carbocycles. The van der Waals surface area contributed by atoms with Crippen LogP contribution in [0.25, 0.3) is 11.8 Å². The molecule has 0 atom stereocenters.